The summed E-state index contributed by atoms with van der Waals surface area (Å²) < 4.78 is 175. The number of ketones is 1. The van der Waals surface area contributed by atoms with E-state index in [0.717, 1.165) is 34.9 Å². The summed E-state index contributed by atoms with van der Waals surface area (Å²) in [5.41, 5.74) is 0.144. The van der Waals surface area contributed by atoms with Gasteiger partial charge in [-0.2, -0.15) is 16.8 Å². The topological polar surface area (TPSA) is 249 Å². The molecule has 540 valence electrons. The highest BCUT2D eigenvalue weighted by Gasteiger charge is 2.51. The predicted molar refractivity (Wildman–Crippen MR) is 405 cm³/mol. The number of rotatable bonds is 26. The highest BCUT2D eigenvalue weighted by atomic mass is 32.2. The molecule has 22 heteroatoms. The van der Waals surface area contributed by atoms with Crippen LogP contribution in [0.15, 0.2) is 238 Å². The summed E-state index contributed by atoms with van der Waals surface area (Å²) in [4.78, 5) is 12.9. The molecule has 0 saturated carbocycles. The molecular formula is C82H82O17P2S3. The maximum Gasteiger partial charge on any atom is 0.311 e. The van der Waals surface area contributed by atoms with E-state index >= 15 is 9.13 Å². The zero-order valence-corrected chi connectivity index (χ0v) is 63.6. The molecule has 2 N–H and O–H groups in total. The van der Waals surface area contributed by atoms with Gasteiger partial charge in [0.15, 0.2) is 5.78 Å². The molecule has 0 aromatic heterocycles. The fourth-order valence-corrected chi connectivity index (χ4v) is 21.8. The molecule has 0 bridgehead atoms. The van der Waals surface area contributed by atoms with Gasteiger partial charge >= 0.3 is 14.7 Å². The van der Waals surface area contributed by atoms with Crippen LogP contribution in [-0.2, 0) is 50.0 Å². The first-order valence-corrected chi connectivity index (χ1v) is 42.2. The van der Waals surface area contributed by atoms with Crippen molar-refractivity contribution in [3.8, 4) is 68.2 Å². The molecule has 0 radical (unpaired) electrons. The third-order valence-corrected chi connectivity index (χ3v) is 29.3. The second-order valence-electron chi connectivity index (χ2n) is 27.3. The number of carbonyl (C=O) groups is 1. The van der Waals surface area contributed by atoms with Gasteiger partial charge in [0.05, 0.1) is 35.9 Å². The molecule has 12 rings (SSSR count). The van der Waals surface area contributed by atoms with Crippen LogP contribution in [0, 0.1) is 0 Å². The smallest absolute Gasteiger partial charge is 0.311 e. The third kappa shape index (κ3) is 13.7. The van der Waals surface area contributed by atoms with Crippen LogP contribution in [0.3, 0.4) is 0 Å². The third-order valence-electron chi connectivity index (χ3n) is 20.8. The molecule has 0 spiro atoms. The SMILES string of the molecule is CCCC(C)(Oc1ccc(Oc2ccc(C(=O)c3ccc(C(C)(C)CC)c(S(=O)(=O)O)c3)cc2S(=O)(=O)O)cc1P1(=O)Oc2ccccc2-c2ccccc21)C(CC)(CC)c1ccc(S(=O)(=O)c2ccc(Oc3ccc(OC(C)(CC)CC)c(P4(=O)Oc5ccccc5-c5ccccc54)c3)cc2)cc1. The lowest BCUT2D eigenvalue weighted by Gasteiger charge is -2.49. The lowest BCUT2D eigenvalue weighted by molar-refractivity contribution is -0.0121. The summed E-state index contributed by atoms with van der Waals surface area (Å²) in [7, 11) is -22.4. The van der Waals surface area contributed by atoms with Crippen molar-refractivity contribution in [3.05, 3.63) is 241 Å². The summed E-state index contributed by atoms with van der Waals surface area (Å²) in [5.74, 6) is 0.596. The van der Waals surface area contributed by atoms with Gasteiger partial charge in [-0.05, 0) is 201 Å². The van der Waals surface area contributed by atoms with Gasteiger partial charge in [0.2, 0.25) is 9.84 Å². The van der Waals surface area contributed by atoms with Crippen LogP contribution in [0.5, 0.6) is 46.0 Å². The fourth-order valence-electron chi connectivity index (χ4n) is 14.2. The van der Waals surface area contributed by atoms with Crippen LogP contribution >= 0.6 is 14.7 Å². The normalized spacial score (nSPS) is 16.4. The standard InChI is InChI=1S/C82H82O17P2S3/c1-11-49-81(10,82(15-5,16-6)56-35-41-60(42-36-56)102(86,87)61-43-37-57(38-44-61)94-58-39-47-69(96-80(9,13-3)14-4)74(52-58)100(84)72-31-23-19-27-64(72)62-25-17-21-29-67(62)98-100)97-70-48-40-59(53-75(70)101(85)73-32-24-20-28-65(73)63-26-18-22-30-68(63)99-101)95-71-46-34-55(51-77(71)104(91,92)93)78(83)54-33-45-66(79(7,8)12-2)76(50-54)103(88,89)90/h17-48,50-53H,11-16,49H2,1-10H3,(H,88,89,90)(H,91,92,93). The van der Waals surface area contributed by atoms with E-state index in [1.807, 2.05) is 122 Å². The van der Waals surface area contributed by atoms with Gasteiger partial charge < -0.3 is 28.0 Å². The van der Waals surface area contributed by atoms with Crippen molar-refractivity contribution >= 4 is 71.8 Å². The monoisotopic (exact) mass is 1500 g/mol. The predicted octanol–water partition coefficient (Wildman–Crippen LogP) is 18.7. The van der Waals surface area contributed by atoms with Crippen molar-refractivity contribution in [1.29, 1.82) is 0 Å². The summed E-state index contributed by atoms with van der Waals surface area (Å²) in [5, 5.41) is 1.20. The summed E-state index contributed by atoms with van der Waals surface area (Å²) in [6.07, 6.45) is 3.84. The van der Waals surface area contributed by atoms with Crippen LogP contribution in [0.2, 0.25) is 0 Å². The van der Waals surface area contributed by atoms with Crippen LogP contribution in [0.4, 0.5) is 0 Å². The molecule has 0 amide bonds. The molecule has 0 saturated heterocycles. The minimum absolute atomic E-state index is 0.00438. The largest absolute Gasteiger partial charge is 0.487 e. The fraction of sp³-hybridized carbons (Fsp3) is 0.256. The van der Waals surface area contributed by atoms with Crippen LogP contribution in [0.1, 0.15) is 141 Å². The first kappa shape index (κ1) is 74.6. The summed E-state index contributed by atoms with van der Waals surface area (Å²) in [6, 6.07) is 58.7. The van der Waals surface area contributed by atoms with Gasteiger partial charge in [0, 0.05) is 27.7 Å². The maximum absolute atomic E-state index is 16.5. The Morgan fingerprint density at radius 2 is 0.865 bits per heavy atom. The van der Waals surface area contributed by atoms with E-state index in [9.17, 15) is 39.2 Å². The molecule has 10 aromatic carbocycles. The Balaban J connectivity index is 0.863. The molecule has 2 aliphatic heterocycles. The highest BCUT2D eigenvalue weighted by Crippen LogP contribution is 2.59. The molecule has 3 atom stereocenters. The van der Waals surface area contributed by atoms with Crippen molar-refractivity contribution in [1.82, 2.24) is 0 Å². The van der Waals surface area contributed by atoms with Crippen molar-refractivity contribution in [2.75, 3.05) is 0 Å². The van der Waals surface area contributed by atoms with E-state index in [1.54, 1.807) is 105 Å². The van der Waals surface area contributed by atoms with Crippen molar-refractivity contribution in [2.24, 2.45) is 0 Å². The Morgan fingerprint density at radius 1 is 0.433 bits per heavy atom. The Hall–Kier alpha value is -9.10. The minimum atomic E-state index is -5.18. The summed E-state index contributed by atoms with van der Waals surface area (Å²) >= 11 is 0. The second kappa shape index (κ2) is 28.4. The lowest BCUT2D eigenvalue weighted by Crippen LogP contribution is -2.53. The van der Waals surface area contributed by atoms with E-state index in [-0.39, 0.29) is 43.3 Å². The number of hydrogen-bond donors (Lipinski definition) is 2. The zero-order valence-electron chi connectivity index (χ0n) is 59.4. The van der Waals surface area contributed by atoms with Gasteiger partial charge in [0.25, 0.3) is 20.2 Å². The first-order valence-electron chi connectivity index (χ1n) is 34.6. The number of sulfone groups is 1. The molecule has 17 nitrogen and oxygen atoms in total. The van der Waals surface area contributed by atoms with Gasteiger partial charge in [-0.3, -0.25) is 23.0 Å². The van der Waals surface area contributed by atoms with Crippen molar-refractivity contribution in [2.45, 2.75) is 156 Å². The first-order chi connectivity index (χ1) is 49.3. The summed E-state index contributed by atoms with van der Waals surface area (Å²) in [6.45, 7) is 19.5. The van der Waals surface area contributed by atoms with E-state index in [1.165, 1.54) is 42.5 Å². The maximum atomic E-state index is 16.5. The highest BCUT2D eigenvalue weighted by molar-refractivity contribution is 7.91. The number of hydrogen-bond acceptors (Lipinski definition) is 15. The van der Waals surface area contributed by atoms with E-state index in [0.29, 0.717) is 101 Å². The van der Waals surface area contributed by atoms with E-state index in [2.05, 4.69) is 0 Å². The molecule has 3 unspecified atom stereocenters. The Labute approximate surface area is 608 Å². The van der Waals surface area contributed by atoms with Crippen molar-refractivity contribution in [3.63, 3.8) is 0 Å². The zero-order chi connectivity index (χ0) is 74.6. The van der Waals surface area contributed by atoms with E-state index in [4.69, 9.17) is 28.0 Å². The average molecular weight is 1500 g/mol. The molecule has 10 aromatic rings. The molecule has 2 heterocycles. The Kier molecular flexibility index (Phi) is 20.4. The van der Waals surface area contributed by atoms with Crippen LogP contribution < -0.4 is 49.2 Å². The number of para-hydroxylation sites is 2. The quantitative estimate of drug-likeness (QED) is 0.0290. The average Bonchev–Trinajstić information content (AvgIpc) is 0.732. The molecule has 104 heavy (non-hydrogen) atoms. The Bertz CT molecular complexity index is 5460. The number of ether oxygens (including phenoxy) is 4. The molecule has 0 fully saturated rings. The molecule has 2 aliphatic rings. The van der Waals surface area contributed by atoms with Crippen molar-refractivity contribution < 1.29 is 76.3 Å². The van der Waals surface area contributed by atoms with Crippen LogP contribution in [-0.4, -0.2) is 51.3 Å². The minimum Gasteiger partial charge on any atom is -0.487 e. The van der Waals surface area contributed by atoms with Gasteiger partial charge in [-0.15, -0.1) is 0 Å². The number of benzene rings is 10. The molecule has 0 aliphatic carbocycles. The van der Waals surface area contributed by atoms with Gasteiger partial charge in [0.1, 0.15) is 62.1 Å². The number of fused-ring (bicyclic) bond motifs is 6. The Morgan fingerprint density at radius 3 is 1.35 bits per heavy atom. The molecular weight excluding hydrogens is 1420 g/mol. The van der Waals surface area contributed by atoms with Gasteiger partial charge in [-0.25, -0.2) is 8.42 Å². The van der Waals surface area contributed by atoms with Crippen LogP contribution in [0.25, 0.3) is 22.3 Å². The number of carbonyl (C=O) groups excluding carboxylic acids is 1. The van der Waals surface area contributed by atoms with E-state index < -0.39 is 88.2 Å². The lowest BCUT2D eigenvalue weighted by atomic mass is 9.63. The van der Waals surface area contributed by atoms with Gasteiger partial charge in [-0.1, -0.05) is 159 Å². The second-order valence-corrected chi connectivity index (χ2v) is 36.5.